The molecular formula is C25H18FN3O3. The van der Waals surface area contributed by atoms with Gasteiger partial charge < -0.3 is 5.11 Å². The van der Waals surface area contributed by atoms with Crippen LogP contribution in [0.4, 0.5) is 10.1 Å². The third-order valence-corrected chi connectivity index (χ3v) is 5.69. The van der Waals surface area contributed by atoms with Gasteiger partial charge in [-0.1, -0.05) is 48.0 Å². The summed E-state index contributed by atoms with van der Waals surface area (Å²) in [5, 5.41) is 16.4. The largest absolute Gasteiger partial charge is 0.478 e. The summed E-state index contributed by atoms with van der Waals surface area (Å²) < 4.78 is 15.0. The number of fused-ring (bicyclic) bond motifs is 1. The second-order valence-electron chi connectivity index (χ2n) is 7.68. The Morgan fingerprint density at radius 3 is 2.38 bits per heavy atom. The van der Waals surface area contributed by atoms with Crippen LogP contribution in [0.1, 0.15) is 43.6 Å². The molecule has 32 heavy (non-hydrogen) atoms. The maximum atomic E-state index is 15.0. The van der Waals surface area contributed by atoms with Crippen LogP contribution in [0.5, 0.6) is 0 Å². The van der Waals surface area contributed by atoms with Crippen molar-refractivity contribution in [1.29, 1.82) is 0 Å². The molecule has 2 N–H and O–H groups in total. The molecule has 1 amide bonds. The van der Waals surface area contributed by atoms with Gasteiger partial charge in [0, 0.05) is 22.4 Å². The van der Waals surface area contributed by atoms with Crippen LogP contribution in [0, 0.1) is 12.7 Å². The standard InChI is InChI=1S/C25H18FN3O3/c1-14-6-8-15(9-7-14)21-20-22(28-27-21)24(30)29(17-12-10-16(11-13-17)25(31)32)23(20)18-4-2-3-5-19(18)26/h2-13,23H,1H3,(H,27,28)(H,31,32). The van der Waals surface area contributed by atoms with E-state index in [9.17, 15) is 19.1 Å². The molecule has 3 aromatic carbocycles. The van der Waals surface area contributed by atoms with Crippen LogP contribution in [0.25, 0.3) is 11.3 Å². The number of benzene rings is 3. The molecule has 0 spiro atoms. The van der Waals surface area contributed by atoms with Crippen LogP contribution in [0.15, 0.2) is 72.8 Å². The lowest BCUT2D eigenvalue weighted by Gasteiger charge is -2.27. The zero-order valence-corrected chi connectivity index (χ0v) is 17.0. The van der Waals surface area contributed by atoms with Crippen molar-refractivity contribution in [2.45, 2.75) is 13.0 Å². The molecule has 1 unspecified atom stereocenters. The number of carboxylic acid groups (broad SMARTS) is 1. The lowest BCUT2D eigenvalue weighted by atomic mass is 9.95. The summed E-state index contributed by atoms with van der Waals surface area (Å²) >= 11 is 0. The molecule has 158 valence electrons. The number of nitrogens with zero attached hydrogens (tertiary/aromatic N) is 2. The number of carbonyl (C=O) groups excluding carboxylic acids is 1. The normalized spacial score (nSPS) is 15.1. The maximum absolute atomic E-state index is 15.0. The fourth-order valence-corrected chi connectivity index (χ4v) is 4.10. The number of carbonyl (C=O) groups is 2. The van der Waals surface area contributed by atoms with Crippen molar-refractivity contribution >= 4 is 17.6 Å². The number of hydrogen-bond donors (Lipinski definition) is 2. The second kappa shape index (κ2) is 7.46. The van der Waals surface area contributed by atoms with Crippen molar-refractivity contribution in [3.63, 3.8) is 0 Å². The summed E-state index contributed by atoms with van der Waals surface area (Å²) in [5.74, 6) is -1.87. The Morgan fingerprint density at radius 1 is 1.03 bits per heavy atom. The summed E-state index contributed by atoms with van der Waals surface area (Å²) in [5.41, 5.74) is 4.24. The van der Waals surface area contributed by atoms with Gasteiger partial charge in [-0.15, -0.1) is 0 Å². The van der Waals surface area contributed by atoms with E-state index in [2.05, 4.69) is 10.2 Å². The van der Waals surface area contributed by atoms with Crippen molar-refractivity contribution in [2.75, 3.05) is 4.90 Å². The number of anilines is 1. The third kappa shape index (κ3) is 3.06. The Bertz CT molecular complexity index is 1340. The number of aryl methyl sites for hydroxylation is 1. The van der Waals surface area contributed by atoms with E-state index in [1.54, 1.807) is 30.3 Å². The number of halogens is 1. The van der Waals surface area contributed by atoms with Crippen molar-refractivity contribution in [2.24, 2.45) is 0 Å². The van der Waals surface area contributed by atoms with Gasteiger partial charge in [0.25, 0.3) is 5.91 Å². The molecule has 0 fully saturated rings. The number of hydrogen-bond acceptors (Lipinski definition) is 3. The summed E-state index contributed by atoms with van der Waals surface area (Å²) in [6.45, 7) is 1.98. The number of aromatic amines is 1. The first kappa shape index (κ1) is 19.7. The molecule has 4 aromatic rings. The summed E-state index contributed by atoms with van der Waals surface area (Å²) in [6, 6.07) is 19.3. The van der Waals surface area contributed by atoms with Crippen LogP contribution < -0.4 is 4.90 Å². The van der Waals surface area contributed by atoms with E-state index in [4.69, 9.17) is 0 Å². The van der Waals surface area contributed by atoms with Gasteiger partial charge in [0.15, 0.2) is 0 Å². The molecule has 0 bridgehead atoms. The SMILES string of the molecule is Cc1ccc(-c2n[nH]c3c2C(c2ccccc2F)N(c2ccc(C(=O)O)cc2)C3=O)cc1. The summed E-state index contributed by atoms with van der Waals surface area (Å²) in [4.78, 5) is 26.2. The quantitative estimate of drug-likeness (QED) is 0.481. The molecule has 0 radical (unpaired) electrons. The minimum absolute atomic E-state index is 0.100. The number of aromatic nitrogens is 2. The van der Waals surface area contributed by atoms with E-state index in [1.807, 2.05) is 31.2 Å². The molecule has 0 saturated carbocycles. The van der Waals surface area contributed by atoms with Crippen molar-refractivity contribution in [3.05, 3.63) is 107 Å². The van der Waals surface area contributed by atoms with Gasteiger partial charge in [0.2, 0.25) is 0 Å². The summed E-state index contributed by atoms with van der Waals surface area (Å²) in [6.07, 6.45) is 0. The van der Waals surface area contributed by atoms with E-state index >= 15 is 0 Å². The first-order valence-electron chi connectivity index (χ1n) is 10.0. The van der Waals surface area contributed by atoms with E-state index in [0.717, 1.165) is 11.1 Å². The number of nitrogens with one attached hydrogen (secondary N) is 1. The Kier molecular flexibility index (Phi) is 4.59. The highest BCUT2D eigenvalue weighted by Crippen LogP contribution is 2.45. The third-order valence-electron chi connectivity index (χ3n) is 5.69. The van der Waals surface area contributed by atoms with E-state index < -0.39 is 17.8 Å². The van der Waals surface area contributed by atoms with E-state index in [0.29, 0.717) is 22.5 Å². The van der Waals surface area contributed by atoms with Crippen LogP contribution in [-0.2, 0) is 0 Å². The highest BCUT2D eigenvalue weighted by molar-refractivity contribution is 6.11. The molecule has 0 saturated heterocycles. The molecule has 0 aliphatic carbocycles. The predicted octanol–water partition coefficient (Wildman–Crippen LogP) is 4.97. The lowest BCUT2D eigenvalue weighted by Crippen LogP contribution is -2.29. The first-order valence-corrected chi connectivity index (χ1v) is 10.0. The van der Waals surface area contributed by atoms with E-state index in [1.165, 1.54) is 23.1 Å². The Hall–Kier alpha value is -4.26. The molecule has 7 heteroatoms. The van der Waals surface area contributed by atoms with Gasteiger partial charge in [0.1, 0.15) is 11.5 Å². The molecule has 1 aliphatic rings. The first-order chi connectivity index (χ1) is 15.5. The molecule has 1 aromatic heterocycles. The Balaban J connectivity index is 1.71. The van der Waals surface area contributed by atoms with E-state index in [-0.39, 0.29) is 17.2 Å². The monoisotopic (exact) mass is 427 g/mol. The highest BCUT2D eigenvalue weighted by atomic mass is 19.1. The number of H-pyrrole nitrogens is 1. The van der Waals surface area contributed by atoms with Gasteiger partial charge in [-0.25, -0.2) is 9.18 Å². The maximum Gasteiger partial charge on any atom is 0.335 e. The Labute approximate surface area is 182 Å². The fraction of sp³-hybridized carbons (Fsp3) is 0.0800. The van der Waals surface area contributed by atoms with Crippen LogP contribution in [0.2, 0.25) is 0 Å². The number of rotatable bonds is 4. The van der Waals surface area contributed by atoms with Gasteiger partial charge in [-0.05, 0) is 37.3 Å². The molecule has 1 atom stereocenters. The number of amides is 1. The zero-order chi connectivity index (χ0) is 22.4. The second-order valence-corrected chi connectivity index (χ2v) is 7.68. The van der Waals surface area contributed by atoms with Crippen LogP contribution >= 0.6 is 0 Å². The smallest absolute Gasteiger partial charge is 0.335 e. The molecule has 6 nitrogen and oxygen atoms in total. The Morgan fingerprint density at radius 2 is 1.72 bits per heavy atom. The van der Waals surface area contributed by atoms with Gasteiger partial charge in [0.05, 0.1) is 17.3 Å². The lowest BCUT2D eigenvalue weighted by molar-refractivity contribution is 0.0696. The summed E-state index contributed by atoms with van der Waals surface area (Å²) in [7, 11) is 0. The highest BCUT2D eigenvalue weighted by Gasteiger charge is 2.44. The molecular weight excluding hydrogens is 409 g/mol. The molecule has 5 rings (SSSR count). The fourth-order valence-electron chi connectivity index (χ4n) is 4.10. The van der Waals surface area contributed by atoms with Gasteiger partial charge in [-0.2, -0.15) is 5.10 Å². The van der Waals surface area contributed by atoms with Gasteiger partial charge >= 0.3 is 5.97 Å². The zero-order valence-electron chi connectivity index (χ0n) is 17.0. The predicted molar refractivity (Wildman–Crippen MR) is 117 cm³/mol. The van der Waals surface area contributed by atoms with Crippen molar-refractivity contribution < 1.29 is 19.1 Å². The topological polar surface area (TPSA) is 86.3 Å². The van der Waals surface area contributed by atoms with Crippen LogP contribution in [-0.4, -0.2) is 27.2 Å². The average molecular weight is 427 g/mol. The van der Waals surface area contributed by atoms with Gasteiger partial charge in [-0.3, -0.25) is 14.8 Å². The van der Waals surface area contributed by atoms with Crippen LogP contribution in [0.3, 0.4) is 0 Å². The number of carboxylic acids is 1. The average Bonchev–Trinajstić information content (AvgIpc) is 3.34. The molecule has 2 heterocycles. The minimum atomic E-state index is -1.06. The van der Waals surface area contributed by atoms with Crippen molar-refractivity contribution in [1.82, 2.24) is 10.2 Å². The number of aromatic carboxylic acids is 1. The van der Waals surface area contributed by atoms with Crippen molar-refractivity contribution in [3.8, 4) is 11.3 Å². The molecule has 1 aliphatic heterocycles. The minimum Gasteiger partial charge on any atom is -0.478 e.